The Hall–Kier alpha value is -0.900. The Kier molecular flexibility index (Phi) is 3.22. The number of halogens is 2. The fraction of sp³-hybridized carbons (Fsp3) is 0.125. The van der Waals surface area contributed by atoms with Gasteiger partial charge >= 0.3 is 0 Å². The number of hydrogen-bond acceptors (Lipinski definition) is 2. The van der Waals surface area contributed by atoms with Crippen LogP contribution < -0.4 is 4.74 Å². The monoisotopic (exact) mass is 232 g/mol. The van der Waals surface area contributed by atoms with Gasteiger partial charge in [0.2, 0.25) is 0 Å². The molecule has 0 unspecified atom stereocenters. The Balaban J connectivity index is 2.84. The molecule has 0 fully saturated rings. The van der Waals surface area contributed by atoms with Crippen LogP contribution in [-0.2, 0) is 4.79 Å². The average molecular weight is 233 g/mol. The molecule has 0 aromatic heterocycles. The van der Waals surface area contributed by atoms with Crippen LogP contribution in [0.1, 0.15) is 0 Å². The number of hydrogen-bond donors (Lipinski definition) is 0. The number of carbonyl (C=O) groups is 1. The highest BCUT2D eigenvalue weighted by molar-refractivity contribution is 9.10. The molecule has 64 valence electrons. The van der Waals surface area contributed by atoms with E-state index >= 15 is 0 Å². The van der Waals surface area contributed by atoms with Gasteiger partial charge in [-0.05, 0) is 28.1 Å². The van der Waals surface area contributed by atoms with Crippen LogP contribution in [0.2, 0.25) is 0 Å². The maximum Gasteiger partial charge on any atom is 0.157 e. The first-order chi connectivity index (χ1) is 5.75. The molecule has 1 aromatic rings. The van der Waals surface area contributed by atoms with E-state index in [0.29, 0.717) is 12.0 Å². The Morgan fingerprint density at radius 3 is 3.00 bits per heavy atom. The van der Waals surface area contributed by atoms with Gasteiger partial charge in [-0.1, -0.05) is 6.07 Å². The third-order valence-electron chi connectivity index (χ3n) is 1.22. The van der Waals surface area contributed by atoms with Crippen molar-refractivity contribution in [1.82, 2.24) is 0 Å². The molecule has 0 amide bonds. The molecule has 1 rings (SSSR count). The molecule has 0 aliphatic carbocycles. The molecule has 0 aliphatic rings. The number of benzene rings is 1. The summed E-state index contributed by atoms with van der Waals surface area (Å²) in [6.07, 6.45) is 0.608. The first-order valence-corrected chi connectivity index (χ1v) is 4.05. The van der Waals surface area contributed by atoms with Crippen LogP contribution in [0.5, 0.6) is 5.75 Å². The zero-order chi connectivity index (χ0) is 8.97. The summed E-state index contributed by atoms with van der Waals surface area (Å²) in [7, 11) is 0. The van der Waals surface area contributed by atoms with Gasteiger partial charge in [0.1, 0.15) is 18.2 Å². The normalized spacial score (nSPS) is 9.50. The number of rotatable bonds is 3. The van der Waals surface area contributed by atoms with E-state index in [0.717, 1.165) is 0 Å². The first kappa shape index (κ1) is 9.19. The molecular formula is C8H6BrFO2. The van der Waals surface area contributed by atoms with E-state index in [9.17, 15) is 9.18 Å². The van der Waals surface area contributed by atoms with Crippen molar-refractivity contribution in [2.45, 2.75) is 0 Å². The fourth-order valence-electron chi connectivity index (χ4n) is 0.719. The predicted octanol–water partition coefficient (Wildman–Crippen LogP) is 2.17. The molecule has 0 bridgehead atoms. The summed E-state index contributed by atoms with van der Waals surface area (Å²) in [5, 5.41) is 0. The van der Waals surface area contributed by atoms with Crippen molar-refractivity contribution in [3.8, 4) is 5.75 Å². The van der Waals surface area contributed by atoms with Gasteiger partial charge in [0.15, 0.2) is 6.29 Å². The molecule has 0 heterocycles. The van der Waals surface area contributed by atoms with Crippen LogP contribution in [-0.4, -0.2) is 12.9 Å². The van der Waals surface area contributed by atoms with Crippen molar-refractivity contribution in [1.29, 1.82) is 0 Å². The van der Waals surface area contributed by atoms with E-state index in [4.69, 9.17) is 4.74 Å². The van der Waals surface area contributed by atoms with E-state index in [2.05, 4.69) is 15.9 Å². The van der Waals surface area contributed by atoms with Crippen LogP contribution in [0.3, 0.4) is 0 Å². The molecular weight excluding hydrogens is 227 g/mol. The highest BCUT2D eigenvalue weighted by Gasteiger charge is 2.04. The lowest BCUT2D eigenvalue weighted by Gasteiger charge is -2.04. The Bertz CT molecular complexity index is 288. The molecule has 0 spiro atoms. The average Bonchev–Trinajstić information content (AvgIpc) is 2.08. The standard InChI is InChI=1S/C8H6BrFO2/c9-8-6(10)2-1-3-7(8)12-5-4-11/h1-4H,5H2. The Morgan fingerprint density at radius 2 is 2.33 bits per heavy atom. The molecule has 4 heteroatoms. The molecule has 2 nitrogen and oxygen atoms in total. The summed E-state index contributed by atoms with van der Waals surface area (Å²) in [6, 6.07) is 4.40. The zero-order valence-corrected chi connectivity index (χ0v) is 7.67. The molecule has 1 aromatic carbocycles. The van der Waals surface area contributed by atoms with Gasteiger partial charge in [-0.25, -0.2) is 4.39 Å². The topological polar surface area (TPSA) is 26.3 Å². The molecule has 0 atom stereocenters. The smallest absolute Gasteiger partial charge is 0.157 e. The molecule has 0 N–H and O–H groups in total. The van der Waals surface area contributed by atoms with Crippen molar-refractivity contribution in [2.24, 2.45) is 0 Å². The molecule has 0 saturated carbocycles. The van der Waals surface area contributed by atoms with Gasteiger partial charge in [0, 0.05) is 0 Å². The van der Waals surface area contributed by atoms with E-state index in [1.54, 1.807) is 6.07 Å². The van der Waals surface area contributed by atoms with Crippen molar-refractivity contribution in [3.05, 3.63) is 28.5 Å². The van der Waals surface area contributed by atoms with E-state index in [1.165, 1.54) is 12.1 Å². The summed E-state index contributed by atoms with van der Waals surface area (Å²) in [5.41, 5.74) is 0. The second-order valence-corrected chi connectivity index (χ2v) is 2.82. The van der Waals surface area contributed by atoms with E-state index < -0.39 is 5.82 Å². The minimum Gasteiger partial charge on any atom is -0.485 e. The van der Waals surface area contributed by atoms with Gasteiger partial charge in [0.25, 0.3) is 0 Å². The van der Waals surface area contributed by atoms with Crippen LogP contribution in [0.15, 0.2) is 22.7 Å². The minimum atomic E-state index is -0.404. The lowest BCUT2D eigenvalue weighted by atomic mass is 10.3. The van der Waals surface area contributed by atoms with Crippen molar-refractivity contribution in [2.75, 3.05) is 6.61 Å². The highest BCUT2D eigenvalue weighted by atomic mass is 79.9. The van der Waals surface area contributed by atoms with Gasteiger partial charge in [-0.3, -0.25) is 4.79 Å². The molecule has 0 radical (unpaired) electrons. The van der Waals surface area contributed by atoms with Crippen molar-refractivity contribution in [3.63, 3.8) is 0 Å². The third-order valence-corrected chi connectivity index (χ3v) is 1.99. The largest absolute Gasteiger partial charge is 0.485 e. The van der Waals surface area contributed by atoms with Crippen molar-refractivity contribution < 1.29 is 13.9 Å². The summed E-state index contributed by atoms with van der Waals surface area (Å²) in [6.45, 7) is -0.0674. The van der Waals surface area contributed by atoms with E-state index in [1.807, 2.05) is 0 Å². The van der Waals surface area contributed by atoms with Crippen LogP contribution in [0.4, 0.5) is 4.39 Å². The van der Waals surface area contributed by atoms with Gasteiger partial charge in [-0.2, -0.15) is 0 Å². The maximum absolute atomic E-state index is 12.8. The van der Waals surface area contributed by atoms with Gasteiger partial charge in [0.05, 0.1) is 4.47 Å². The third kappa shape index (κ3) is 2.04. The highest BCUT2D eigenvalue weighted by Crippen LogP contribution is 2.26. The fourth-order valence-corrected chi connectivity index (χ4v) is 1.10. The van der Waals surface area contributed by atoms with Gasteiger partial charge in [-0.15, -0.1) is 0 Å². The maximum atomic E-state index is 12.8. The molecule has 0 aliphatic heterocycles. The quantitative estimate of drug-likeness (QED) is 0.747. The molecule has 12 heavy (non-hydrogen) atoms. The number of carbonyl (C=O) groups excluding carboxylic acids is 1. The van der Waals surface area contributed by atoms with Crippen LogP contribution in [0, 0.1) is 5.82 Å². The van der Waals surface area contributed by atoms with Crippen LogP contribution >= 0.6 is 15.9 Å². The Labute approximate surface area is 77.5 Å². The Morgan fingerprint density at radius 1 is 1.58 bits per heavy atom. The second kappa shape index (κ2) is 4.21. The van der Waals surface area contributed by atoms with Crippen LogP contribution in [0.25, 0.3) is 0 Å². The minimum absolute atomic E-state index is 0.0674. The van der Waals surface area contributed by atoms with Gasteiger partial charge < -0.3 is 4.74 Å². The zero-order valence-electron chi connectivity index (χ0n) is 6.09. The first-order valence-electron chi connectivity index (χ1n) is 3.26. The molecule has 0 saturated heterocycles. The summed E-state index contributed by atoms with van der Waals surface area (Å²) >= 11 is 2.99. The lowest BCUT2D eigenvalue weighted by Crippen LogP contribution is -1.98. The number of aldehydes is 1. The van der Waals surface area contributed by atoms with E-state index in [-0.39, 0.29) is 11.1 Å². The summed E-state index contributed by atoms with van der Waals surface area (Å²) < 4.78 is 17.9. The SMILES string of the molecule is O=CCOc1cccc(F)c1Br. The predicted molar refractivity (Wildman–Crippen MR) is 45.7 cm³/mol. The van der Waals surface area contributed by atoms with Crippen molar-refractivity contribution >= 4 is 22.2 Å². The lowest BCUT2D eigenvalue weighted by molar-refractivity contribution is -0.109. The summed E-state index contributed by atoms with van der Waals surface area (Å²) in [5.74, 6) is -0.0690. The summed E-state index contributed by atoms with van der Waals surface area (Å²) in [4.78, 5) is 9.94. The second-order valence-electron chi connectivity index (χ2n) is 2.03. The number of ether oxygens (including phenoxy) is 1.